The molecule has 0 aliphatic rings. The summed E-state index contributed by atoms with van der Waals surface area (Å²) in [6.45, 7) is 1.83. The Hall–Kier alpha value is -1.87. The number of methoxy groups -OCH3 is 1. The molecular formula is C16H20F3NO4S. The Balaban J connectivity index is 3.36. The number of benzene rings is 1. The van der Waals surface area contributed by atoms with E-state index in [1.54, 1.807) is 0 Å². The molecule has 140 valence electrons. The Morgan fingerprint density at radius 2 is 1.80 bits per heavy atom. The van der Waals surface area contributed by atoms with Crippen LogP contribution in [-0.4, -0.2) is 33.2 Å². The highest BCUT2D eigenvalue weighted by Crippen LogP contribution is 2.36. The van der Waals surface area contributed by atoms with Crippen LogP contribution in [0.3, 0.4) is 0 Å². The molecule has 5 nitrogen and oxygen atoms in total. The first-order valence-corrected chi connectivity index (χ1v) is 8.98. The molecule has 9 heteroatoms. The van der Waals surface area contributed by atoms with Crippen molar-refractivity contribution in [2.75, 3.05) is 7.11 Å². The predicted octanol–water partition coefficient (Wildman–Crippen LogP) is 3.19. The van der Waals surface area contributed by atoms with Gasteiger partial charge in [-0.15, -0.1) is 0 Å². The molecule has 0 unspecified atom stereocenters. The van der Waals surface area contributed by atoms with Gasteiger partial charge >= 0.3 is 12.1 Å². The topological polar surface area (TPSA) is 72.5 Å². The van der Waals surface area contributed by atoms with E-state index in [0.29, 0.717) is 12.8 Å². The number of nitrogens with one attached hydrogen (secondary N) is 1. The van der Waals surface area contributed by atoms with E-state index in [1.807, 2.05) is 6.92 Å². The van der Waals surface area contributed by atoms with E-state index in [1.165, 1.54) is 29.0 Å². The highest BCUT2D eigenvalue weighted by atomic mass is 32.2. The van der Waals surface area contributed by atoms with Gasteiger partial charge in [-0.3, -0.25) is 0 Å². The van der Waals surface area contributed by atoms with Crippen molar-refractivity contribution in [3.63, 3.8) is 0 Å². The van der Waals surface area contributed by atoms with E-state index in [-0.39, 0.29) is 4.90 Å². The van der Waals surface area contributed by atoms with Crippen LogP contribution in [0.1, 0.15) is 26.2 Å². The summed E-state index contributed by atoms with van der Waals surface area (Å²) in [4.78, 5) is 11.6. The van der Waals surface area contributed by atoms with Crippen LogP contribution in [0.25, 0.3) is 0 Å². The molecule has 0 aliphatic carbocycles. The van der Waals surface area contributed by atoms with Crippen molar-refractivity contribution in [3.05, 3.63) is 42.5 Å². The summed E-state index contributed by atoms with van der Waals surface area (Å²) in [6.07, 6.45) is -2.32. The number of hydrogen-bond acceptors (Lipinski definition) is 4. The van der Waals surface area contributed by atoms with Crippen molar-refractivity contribution in [3.8, 4) is 0 Å². The minimum atomic E-state index is -5.20. The van der Waals surface area contributed by atoms with Crippen molar-refractivity contribution >= 4 is 16.0 Å². The second kappa shape index (κ2) is 8.48. The first-order chi connectivity index (χ1) is 11.6. The number of halogens is 3. The van der Waals surface area contributed by atoms with Gasteiger partial charge in [0.1, 0.15) is 0 Å². The average molecular weight is 379 g/mol. The number of carbonyl (C=O) groups excluding carboxylic acids is 1. The maximum atomic E-state index is 13.7. The van der Waals surface area contributed by atoms with Gasteiger partial charge in [-0.05, 0) is 18.6 Å². The normalized spacial score (nSPS) is 15.1. The molecule has 0 aromatic heterocycles. The molecule has 1 aromatic carbocycles. The monoisotopic (exact) mass is 379 g/mol. The zero-order valence-electron chi connectivity index (χ0n) is 13.8. The van der Waals surface area contributed by atoms with Crippen LogP contribution >= 0.6 is 0 Å². The minimum absolute atomic E-state index is 0.384. The van der Waals surface area contributed by atoms with Gasteiger partial charge in [0.05, 0.1) is 12.0 Å². The fourth-order valence-corrected chi connectivity index (χ4v) is 3.44. The lowest BCUT2D eigenvalue weighted by Gasteiger charge is -2.32. The van der Waals surface area contributed by atoms with E-state index >= 15 is 0 Å². The van der Waals surface area contributed by atoms with Crippen LogP contribution in [0.2, 0.25) is 0 Å². The largest absolute Gasteiger partial charge is 0.467 e. The van der Waals surface area contributed by atoms with Gasteiger partial charge in [0.25, 0.3) is 0 Å². The molecule has 0 heterocycles. The number of carbonyl (C=O) groups is 1. The minimum Gasteiger partial charge on any atom is -0.467 e. The Morgan fingerprint density at radius 3 is 2.28 bits per heavy atom. The first kappa shape index (κ1) is 21.2. The van der Waals surface area contributed by atoms with E-state index in [4.69, 9.17) is 0 Å². The highest BCUT2D eigenvalue weighted by Gasteiger charge is 2.62. The summed E-state index contributed by atoms with van der Waals surface area (Å²) in [5.74, 6) is -1.72. The molecule has 0 fully saturated rings. The number of alkyl halides is 3. The summed E-state index contributed by atoms with van der Waals surface area (Å²) >= 11 is 0. The smallest absolute Gasteiger partial charge is 0.418 e. The van der Waals surface area contributed by atoms with E-state index in [2.05, 4.69) is 4.74 Å². The highest BCUT2D eigenvalue weighted by molar-refractivity contribution is 7.89. The summed E-state index contributed by atoms with van der Waals surface area (Å²) in [6, 6.07) is 6.51. The third-order valence-electron chi connectivity index (χ3n) is 3.43. The molecule has 0 saturated carbocycles. The molecule has 0 saturated heterocycles. The van der Waals surface area contributed by atoms with Crippen LogP contribution < -0.4 is 4.72 Å². The SMILES string of the molecule is CCC/C=C\C[C@](NS(=O)(=O)c1ccccc1)(C(=O)OC)C(F)(F)F. The van der Waals surface area contributed by atoms with Gasteiger partial charge < -0.3 is 4.74 Å². The zero-order valence-corrected chi connectivity index (χ0v) is 14.7. The quantitative estimate of drug-likeness (QED) is 0.556. The van der Waals surface area contributed by atoms with Gasteiger partial charge in [-0.25, -0.2) is 13.2 Å². The molecule has 0 bridgehead atoms. The maximum Gasteiger partial charge on any atom is 0.418 e. The molecular weight excluding hydrogens is 359 g/mol. The van der Waals surface area contributed by atoms with Gasteiger partial charge in [0.2, 0.25) is 15.6 Å². The van der Waals surface area contributed by atoms with Crippen LogP contribution in [-0.2, 0) is 19.6 Å². The second-order valence-electron chi connectivity index (χ2n) is 5.28. The van der Waals surface area contributed by atoms with Gasteiger partial charge in [-0.1, -0.05) is 43.7 Å². The van der Waals surface area contributed by atoms with Crippen molar-refractivity contribution < 1.29 is 31.1 Å². The lowest BCUT2D eigenvalue weighted by molar-refractivity contribution is -0.207. The van der Waals surface area contributed by atoms with Crippen molar-refractivity contribution in [1.82, 2.24) is 4.72 Å². The third-order valence-corrected chi connectivity index (χ3v) is 4.94. The number of sulfonamides is 1. The van der Waals surface area contributed by atoms with Gasteiger partial charge in [-0.2, -0.15) is 17.9 Å². The second-order valence-corrected chi connectivity index (χ2v) is 6.96. The number of hydrogen-bond donors (Lipinski definition) is 1. The van der Waals surface area contributed by atoms with E-state index in [9.17, 15) is 26.4 Å². The van der Waals surface area contributed by atoms with Crippen molar-refractivity contribution in [1.29, 1.82) is 0 Å². The zero-order chi connectivity index (χ0) is 19.1. The fourth-order valence-electron chi connectivity index (χ4n) is 2.06. The molecule has 0 aliphatic heterocycles. The Morgan fingerprint density at radius 1 is 1.20 bits per heavy atom. The van der Waals surface area contributed by atoms with Crippen LogP contribution in [0.4, 0.5) is 13.2 Å². The molecule has 0 amide bonds. The number of unbranched alkanes of at least 4 members (excludes halogenated alkanes) is 1. The Bertz CT molecular complexity index is 702. The number of ether oxygens (including phenoxy) is 1. The molecule has 1 aromatic rings. The number of esters is 1. The average Bonchev–Trinajstić information content (AvgIpc) is 2.56. The van der Waals surface area contributed by atoms with Crippen LogP contribution in [0.15, 0.2) is 47.4 Å². The van der Waals surface area contributed by atoms with Gasteiger partial charge in [0.15, 0.2) is 0 Å². The van der Waals surface area contributed by atoms with E-state index in [0.717, 1.165) is 25.3 Å². The molecule has 0 spiro atoms. The lowest BCUT2D eigenvalue weighted by atomic mass is 9.95. The van der Waals surface area contributed by atoms with Crippen LogP contribution in [0.5, 0.6) is 0 Å². The maximum absolute atomic E-state index is 13.7. The van der Waals surface area contributed by atoms with Crippen LogP contribution in [0, 0.1) is 0 Å². The van der Waals surface area contributed by atoms with Crippen molar-refractivity contribution in [2.24, 2.45) is 0 Å². The predicted molar refractivity (Wildman–Crippen MR) is 86.2 cm³/mol. The van der Waals surface area contributed by atoms with Crippen molar-refractivity contribution in [2.45, 2.75) is 42.8 Å². The number of allylic oxidation sites excluding steroid dienone is 1. The Kier molecular flexibility index (Phi) is 7.18. The first-order valence-electron chi connectivity index (χ1n) is 7.50. The summed E-state index contributed by atoms with van der Waals surface area (Å²) < 4.78 is 71.6. The number of rotatable bonds is 8. The fraction of sp³-hybridized carbons (Fsp3) is 0.438. The van der Waals surface area contributed by atoms with Gasteiger partial charge in [0, 0.05) is 6.42 Å². The lowest BCUT2D eigenvalue weighted by Crippen LogP contribution is -2.64. The molecule has 25 heavy (non-hydrogen) atoms. The summed E-state index contributed by atoms with van der Waals surface area (Å²) in [7, 11) is -3.83. The molecule has 1 rings (SSSR count). The summed E-state index contributed by atoms with van der Waals surface area (Å²) in [5, 5.41) is 0. The summed E-state index contributed by atoms with van der Waals surface area (Å²) in [5.41, 5.74) is -3.40. The molecule has 1 atom stereocenters. The standard InChI is InChI=1S/C16H20F3NO4S/c1-3-4-5-9-12-15(14(21)24-2,16(17,18)19)20-25(22,23)13-10-7-6-8-11-13/h5-11,20H,3-4,12H2,1-2H3/b9-5-/t15-/m0/s1. The molecule has 1 N–H and O–H groups in total. The van der Waals surface area contributed by atoms with E-state index < -0.39 is 34.1 Å². The Labute approximate surface area is 144 Å². The molecule has 0 radical (unpaired) electrons. The third kappa shape index (κ3) is 5.05.